The molecule has 1 amide bonds. The van der Waals surface area contributed by atoms with E-state index in [0.29, 0.717) is 17.8 Å². The molecule has 0 radical (unpaired) electrons. The monoisotopic (exact) mass is 357 g/mol. The Morgan fingerprint density at radius 3 is 2.85 bits per heavy atom. The normalized spacial score (nSPS) is 10.9. The van der Waals surface area contributed by atoms with Gasteiger partial charge in [0.05, 0.1) is 5.56 Å². The van der Waals surface area contributed by atoms with Gasteiger partial charge in [0.2, 0.25) is 0 Å². The van der Waals surface area contributed by atoms with Gasteiger partial charge < -0.3 is 14.5 Å². The maximum Gasteiger partial charge on any atom is 0.257 e. The van der Waals surface area contributed by atoms with Gasteiger partial charge in [-0.3, -0.25) is 4.79 Å². The first-order valence-electron chi connectivity index (χ1n) is 8.62. The number of hydrogen-bond donors (Lipinski definition) is 1. The molecule has 6 nitrogen and oxygen atoms in total. The fraction of sp³-hybridized carbons (Fsp3) is 0.0952. The lowest BCUT2D eigenvalue weighted by molar-refractivity contribution is 0.102. The summed E-state index contributed by atoms with van der Waals surface area (Å²) in [5.74, 6) is 0.595. The van der Waals surface area contributed by atoms with E-state index >= 15 is 0 Å². The summed E-state index contributed by atoms with van der Waals surface area (Å²) in [5.41, 5.74) is 3.25. The van der Waals surface area contributed by atoms with Crippen molar-refractivity contribution >= 4 is 22.5 Å². The number of carbonyl (C=O) groups is 1. The van der Waals surface area contributed by atoms with Crippen LogP contribution in [-0.2, 0) is 13.6 Å². The zero-order chi connectivity index (χ0) is 18.8. The molecule has 0 fully saturated rings. The van der Waals surface area contributed by atoms with Crippen molar-refractivity contribution in [2.75, 3.05) is 5.32 Å². The van der Waals surface area contributed by atoms with Crippen molar-refractivity contribution in [3.63, 3.8) is 0 Å². The van der Waals surface area contributed by atoms with Crippen LogP contribution in [0.5, 0.6) is 0 Å². The average molecular weight is 357 g/mol. The third kappa shape index (κ3) is 3.13. The van der Waals surface area contributed by atoms with Crippen LogP contribution in [0, 0.1) is 0 Å². The van der Waals surface area contributed by atoms with Gasteiger partial charge in [0.1, 0.15) is 6.33 Å². The molecule has 2 aromatic heterocycles. The molecule has 4 aromatic rings. The van der Waals surface area contributed by atoms with E-state index in [-0.39, 0.29) is 5.91 Å². The van der Waals surface area contributed by atoms with Gasteiger partial charge in [-0.05, 0) is 18.2 Å². The van der Waals surface area contributed by atoms with Gasteiger partial charge in [-0.25, -0.2) is 0 Å². The molecule has 4 rings (SSSR count). The Bertz CT molecular complexity index is 1140. The van der Waals surface area contributed by atoms with E-state index in [0.717, 1.165) is 22.3 Å². The molecule has 1 N–H and O–H groups in total. The third-order valence-electron chi connectivity index (χ3n) is 4.45. The number of nitrogens with one attached hydrogen (secondary N) is 1. The Labute approximate surface area is 156 Å². The van der Waals surface area contributed by atoms with Crippen LogP contribution in [0.15, 0.2) is 73.7 Å². The van der Waals surface area contributed by atoms with Crippen molar-refractivity contribution in [1.82, 2.24) is 19.3 Å². The van der Waals surface area contributed by atoms with E-state index in [1.807, 2.05) is 77.0 Å². The van der Waals surface area contributed by atoms with E-state index in [1.165, 1.54) is 0 Å². The van der Waals surface area contributed by atoms with Crippen molar-refractivity contribution in [3.05, 3.63) is 79.3 Å². The van der Waals surface area contributed by atoms with Crippen molar-refractivity contribution in [2.24, 2.45) is 7.05 Å². The van der Waals surface area contributed by atoms with Crippen molar-refractivity contribution < 1.29 is 4.79 Å². The van der Waals surface area contributed by atoms with E-state index in [9.17, 15) is 4.79 Å². The second kappa shape index (κ2) is 6.92. The van der Waals surface area contributed by atoms with Crippen LogP contribution in [0.25, 0.3) is 22.3 Å². The van der Waals surface area contributed by atoms with E-state index in [4.69, 9.17) is 0 Å². The molecule has 2 aromatic carbocycles. The number of amides is 1. The van der Waals surface area contributed by atoms with E-state index in [2.05, 4.69) is 22.1 Å². The smallest absolute Gasteiger partial charge is 0.257 e. The molecule has 0 saturated carbocycles. The molecule has 0 atom stereocenters. The molecule has 0 saturated heterocycles. The highest BCUT2D eigenvalue weighted by atomic mass is 16.1. The molecule has 134 valence electrons. The molecule has 6 heteroatoms. The van der Waals surface area contributed by atoms with Crippen molar-refractivity contribution in [1.29, 1.82) is 0 Å². The summed E-state index contributed by atoms with van der Waals surface area (Å²) in [6.45, 7) is 4.44. The SMILES string of the molecule is C=CCn1cc(C(=O)Nc2cccc(-c3nncn3C)c2)c2ccccc21. The molecule has 0 aliphatic rings. The number of nitrogens with zero attached hydrogens (tertiary/aromatic N) is 4. The highest BCUT2D eigenvalue weighted by Gasteiger charge is 2.15. The van der Waals surface area contributed by atoms with E-state index < -0.39 is 0 Å². The number of rotatable bonds is 5. The van der Waals surface area contributed by atoms with Crippen molar-refractivity contribution in [2.45, 2.75) is 6.54 Å². The Morgan fingerprint density at radius 2 is 2.07 bits per heavy atom. The third-order valence-corrected chi connectivity index (χ3v) is 4.45. The van der Waals surface area contributed by atoms with Gasteiger partial charge >= 0.3 is 0 Å². The summed E-state index contributed by atoms with van der Waals surface area (Å²) in [6, 6.07) is 15.5. The van der Waals surface area contributed by atoms with E-state index in [1.54, 1.807) is 6.33 Å². The number of aryl methyl sites for hydroxylation is 1. The summed E-state index contributed by atoms with van der Waals surface area (Å²) < 4.78 is 3.86. The summed E-state index contributed by atoms with van der Waals surface area (Å²) in [6.07, 6.45) is 5.34. The van der Waals surface area contributed by atoms with Crippen LogP contribution in [0.3, 0.4) is 0 Å². The predicted octanol–water partition coefficient (Wildman–Crippen LogP) is 3.88. The van der Waals surface area contributed by atoms with Gasteiger partial charge in [0, 0.05) is 41.9 Å². The minimum atomic E-state index is -0.149. The molecule has 0 aliphatic carbocycles. The standard InChI is InChI=1S/C21H19N5O/c1-3-11-26-13-18(17-9-4-5-10-19(17)26)21(27)23-16-8-6-7-15(12-16)20-24-22-14-25(20)2/h3-10,12-14H,1,11H2,2H3,(H,23,27). The number of benzene rings is 2. The molecule has 0 aliphatic heterocycles. The predicted molar refractivity (Wildman–Crippen MR) is 107 cm³/mol. The van der Waals surface area contributed by atoms with Gasteiger partial charge in [-0.1, -0.05) is 36.4 Å². The molecule has 27 heavy (non-hydrogen) atoms. The minimum Gasteiger partial charge on any atom is -0.343 e. The topological polar surface area (TPSA) is 64.7 Å². The van der Waals surface area contributed by atoms with Crippen LogP contribution in [0.1, 0.15) is 10.4 Å². The minimum absolute atomic E-state index is 0.149. The second-order valence-electron chi connectivity index (χ2n) is 6.30. The van der Waals surface area contributed by atoms with Gasteiger partial charge in [-0.15, -0.1) is 16.8 Å². The lowest BCUT2D eigenvalue weighted by atomic mass is 10.1. The molecule has 0 unspecified atom stereocenters. The fourth-order valence-electron chi connectivity index (χ4n) is 3.20. The summed E-state index contributed by atoms with van der Waals surface area (Å²) in [5, 5.41) is 11.9. The maximum atomic E-state index is 12.9. The first kappa shape index (κ1) is 16.8. The lowest BCUT2D eigenvalue weighted by Crippen LogP contribution is -2.11. The van der Waals surface area contributed by atoms with Crippen LogP contribution in [0.4, 0.5) is 5.69 Å². The van der Waals surface area contributed by atoms with Crippen LogP contribution in [-0.4, -0.2) is 25.2 Å². The van der Waals surface area contributed by atoms with Crippen molar-refractivity contribution in [3.8, 4) is 11.4 Å². The number of fused-ring (bicyclic) bond motifs is 1. The number of allylic oxidation sites excluding steroid dienone is 1. The molecule has 0 bridgehead atoms. The Hall–Kier alpha value is -3.67. The van der Waals surface area contributed by atoms with Crippen LogP contribution < -0.4 is 5.32 Å². The van der Waals surface area contributed by atoms with Gasteiger partial charge in [-0.2, -0.15) is 0 Å². The summed E-state index contributed by atoms with van der Waals surface area (Å²) in [7, 11) is 1.88. The lowest BCUT2D eigenvalue weighted by Gasteiger charge is -2.07. The number of hydrogen-bond acceptors (Lipinski definition) is 3. The zero-order valence-electron chi connectivity index (χ0n) is 15.0. The maximum absolute atomic E-state index is 12.9. The van der Waals surface area contributed by atoms with Gasteiger partial charge in [0.25, 0.3) is 5.91 Å². The Kier molecular flexibility index (Phi) is 4.30. The van der Waals surface area contributed by atoms with Crippen LogP contribution >= 0.6 is 0 Å². The number of anilines is 1. The quantitative estimate of drug-likeness (QED) is 0.551. The number of aromatic nitrogens is 4. The second-order valence-corrected chi connectivity index (χ2v) is 6.30. The highest BCUT2D eigenvalue weighted by molar-refractivity contribution is 6.13. The first-order valence-corrected chi connectivity index (χ1v) is 8.62. The molecular weight excluding hydrogens is 338 g/mol. The Balaban J connectivity index is 1.66. The number of carbonyl (C=O) groups excluding carboxylic acids is 1. The molecule has 2 heterocycles. The summed E-state index contributed by atoms with van der Waals surface area (Å²) >= 11 is 0. The first-order chi connectivity index (χ1) is 13.2. The summed E-state index contributed by atoms with van der Waals surface area (Å²) in [4.78, 5) is 12.9. The molecular formula is C21H19N5O. The number of para-hydroxylation sites is 1. The highest BCUT2D eigenvalue weighted by Crippen LogP contribution is 2.24. The van der Waals surface area contributed by atoms with Crippen LogP contribution in [0.2, 0.25) is 0 Å². The Morgan fingerprint density at radius 1 is 1.22 bits per heavy atom. The average Bonchev–Trinajstić information content (AvgIpc) is 3.26. The van der Waals surface area contributed by atoms with Gasteiger partial charge in [0.15, 0.2) is 5.82 Å². The zero-order valence-corrected chi connectivity index (χ0v) is 15.0. The molecule has 0 spiro atoms. The largest absolute Gasteiger partial charge is 0.343 e. The fourth-order valence-corrected chi connectivity index (χ4v) is 3.20.